The zero-order valence-electron chi connectivity index (χ0n) is 18.4. The first-order valence-corrected chi connectivity index (χ1v) is 10.4. The molecule has 3 rings (SSSR count). The van der Waals surface area contributed by atoms with Gasteiger partial charge in [0.1, 0.15) is 35.0 Å². The molecule has 33 heavy (non-hydrogen) atoms. The lowest BCUT2D eigenvalue weighted by atomic mass is 10.0. The fraction of sp³-hybridized carbons (Fsp3) is 0.450. The molecule has 2 N–H and O–H groups in total. The topological polar surface area (TPSA) is 67.1 Å². The number of hydrogen-bond acceptors (Lipinski definition) is 5. The van der Waals surface area contributed by atoms with Crippen LogP contribution in [0.5, 0.6) is 0 Å². The van der Waals surface area contributed by atoms with Crippen LogP contribution in [-0.4, -0.2) is 70.5 Å². The highest BCUT2D eigenvalue weighted by atomic mass is 35.5. The lowest BCUT2D eigenvalue weighted by Crippen LogP contribution is -2.36. The van der Waals surface area contributed by atoms with Crippen LogP contribution in [0.25, 0.3) is 16.9 Å². The molecule has 0 radical (unpaired) electrons. The van der Waals surface area contributed by atoms with Gasteiger partial charge in [-0.15, -0.1) is 0 Å². The lowest BCUT2D eigenvalue weighted by Gasteiger charge is -2.24. The van der Waals surface area contributed by atoms with E-state index >= 15 is 8.78 Å². The van der Waals surface area contributed by atoms with Crippen molar-refractivity contribution in [1.82, 2.24) is 19.6 Å². The molecule has 0 aliphatic rings. The highest BCUT2D eigenvalue weighted by Gasteiger charge is 2.37. The van der Waals surface area contributed by atoms with Crippen LogP contribution in [0.4, 0.5) is 33.5 Å². The van der Waals surface area contributed by atoms with Crippen molar-refractivity contribution < 1.29 is 26.4 Å². The molecule has 0 aliphatic heterocycles. The average Bonchev–Trinajstić information content (AvgIpc) is 3.13. The summed E-state index contributed by atoms with van der Waals surface area (Å²) >= 11 is 6.16. The van der Waals surface area contributed by atoms with Crippen molar-refractivity contribution in [2.75, 3.05) is 44.9 Å². The van der Waals surface area contributed by atoms with Crippen LogP contribution in [0.3, 0.4) is 0 Å². The van der Waals surface area contributed by atoms with Gasteiger partial charge in [-0.1, -0.05) is 11.6 Å². The van der Waals surface area contributed by atoms with E-state index in [0.717, 1.165) is 47.3 Å². The molecule has 2 heterocycles. The van der Waals surface area contributed by atoms with Crippen molar-refractivity contribution in [3.05, 3.63) is 35.2 Å². The summed E-state index contributed by atoms with van der Waals surface area (Å²) in [7, 11) is 6.09. The van der Waals surface area contributed by atoms with Gasteiger partial charge in [-0.2, -0.15) is 32.8 Å². The van der Waals surface area contributed by atoms with Crippen LogP contribution in [0.2, 0.25) is 5.15 Å². The number of fused-ring (bicyclic) bond motifs is 1. The fourth-order valence-electron chi connectivity index (χ4n) is 3.16. The van der Waals surface area contributed by atoms with E-state index in [-0.39, 0.29) is 17.3 Å². The molecule has 13 heteroatoms. The minimum atomic E-state index is -4.64. The van der Waals surface area contributed by atoms with E-state index in [1.807, 2.05) is 21.1 Å². The normalized spacial score (nSPS) is 13.4. The van der Waals surface area contributed by atoms with Gasteiger partial charge >= 0.3 is 6.18 Å². The Hall–Kier alpha value is -2.73. The number of aromatic nitrogens is 4. The van der Waals surface area contributed by atoms with E-state index < -0.39 is 40.1 Å². The van der Waals surface area contributed by atoms with E-state index in [0.29, 0.717) is 6.54 Å². The molecule has 0 saturated carbocycles. The monoisotopic (exact) mass is 492 g/mol. The molecular weight excluding hydrogens is 469 g/mol. The molecule has 180 valence electrons. The molecule has 2 aromatic heterocycles. The average molecular weight is 493 g/mol. The molecule has 0 saturated heterocycles. The minimum Gasteiger partial charge on any atom is -0.385 e. The molecule has 0 amide bonds. The van der Waals surface area contributed by atoms with Gasteiger partial charge < -0.3 is 15.1 Å². The Morgan fingerprint density at radius 2 is 1.76 bits per heavy atom. The highest BCUT2D eigenvalue weighted by Crippen LogP contribution is 2.39. The summed E-state index contributed by atoms with van der Waals surface area (Å²) in [4.78, 5) is 7.71. The number of benzene rings is 1. The van der Waals surface area contributed by atoms with Gasteiger partial charge in [-0.3, -0.25) is 0 Å². The van der Waals surface area contributed by atoms with Crippen LogP contribution < -0.4 is 10.6 Å². The van der Waals surface area contributed by atoms with E-state index in [9.17, 15) is 13.2 Å². The molecule has 0 unspecified atom stereocenters. The number of hydrogen-bond donors (Lipinski definition) is 2. The predicted molar refractivity (Wildman–Crippen MR) is 116 cm³/mol. The van der Waals surface area contributed by atoms with E-state index in [2.05, 4.69) is 25.7 Å². The van der Waals surface area contributed by atoms with Crippen molar-refractivity contribution in [3.63, 3.8) is 0 Å². The molecule has 7 nitrogen and oxygen atoms in total. The first-order valence-electron chi connectivity index (χ1n) is 10.0. The minimum absolute atomic E-state index is 0.128. The van der Waals surface area contributed by atoms with Gasteiger partial charge in [0.25, 0.3) is 5.78 Å². The molecule has 3 aromatic rings. The maximum Gasteiger partial charge on any atom is 0.408 e. The Balaban J connectivity index is 2.02. The Morgan fingerprint density at radius 3 is 2.33 bits per heavy atom. The van der Waals surface area contributed by atoms with E-state index in [1.54, 1.807) is 0 Å². The number of quaternary nitrogens is 1. The van der Waals surface area contributed by atoms with Crippen LogP contribution in [0.1, 0.15) is 13.3 Å². The van der Waals surface area contributed by atoms with Crippen LogP contribution in [-0.2, 0) is 0 Å². The second-order valence-corrected chi connectivity index (χ2v) is 8.97. The van der Waals surface area contributed by atoms with Gasteiger partial charge in [0.15, 0.2) is 0 Å². The van der Waals surface area contributed by atoms with Crippen molar-refractivity contribution in [2.24, 2.45) is 0 Å². The largest absolute Gasteiger partial charge is 0.408 e. The summed E-state index contributed by atoms with van der Waals surface area (Å²) in [5, 5.41) is 8.56. The maximum atomic E-state index is 15.1. The lowest BCUT2D eigenvalue weighted by molar-refractivity contribution is -0.870. The third kappa shape index (κ3) is 5.80. The molecule has 0 fully saturated rings. The first-order chi connectivity index (χ1) is 15.3. The second-order valence-electron chi connectivity index (χ2n) is 8.61. The Kier molecular flexibility index (Phi) is 6.99. The molecule has 1 aromatic carbocycles. The van der Waals surface area contributed by atoms with Crippen LogP contribution in [0.15, 0.2) is 18.5 Å². The number of nitrogens with zero attached hydrogens (tertiary/aromatic N) is 5. The SMILES string of the molecule is C[C@H](Nc1c(-c2c(F)cc(NCCC[N+](C)(C)C)cc2F)c(Cl)nc2ncnn12)C(F)(F)F. The summed E-state index contributed by atoms with van der Waals surface area (Å²) in [6.07, 6.45) is -2.84. The molecule has 1 atom stereocenters. The van der Waals surface area contributed by atoms with E-state index in [1.165, 1.54) is 0 Å². The molecule has 0 spiro atoms. The third-order valence-corrected chi connectivity index (χ3v) is 5.13. The van der Waals surface area contributed by atoms with Crippen molar-refractivity contribution >= 4 is 28.9 Å². The van der Waals surface area contributed by atoms with Crippen molar-refractivity contribution in [1.29, 1.82) is 0 Å². The van der Waals surface area contributed by atoms with Crippen molar-refractivity contribution in [2.45, 2.75) is 25.6 Å². The van der Waals surface area contributed by atoms with Crippen LogP contribution >= 0.6 is 11.6 Å². The Labute approximate surface area is 192 Å². The second kappa shape index (κ2) is 9.26. The summed E-state index contributed by atoms with van der Waals surface area (Å²) in [5.74, 6) is -2.55. The molecule has 0 bridgehead atoms. The highest BCUT2D eigenvalue weighted by molar-refractivity contribution is 6.33. The quantitative estimate of drug-likeness (QED) is 0.208. The zero-order valence-corrected chi connectivity index (χ0v) is 19.2. The maximum absolute atomic E-state index is 15.1. The van der Waals surface area contributed by atoms with Gasteiger partial charge in [0.05, 0.1) is 38.8 Å². The predicted octanol–water partition coefficient (Wildman–Crippen LogP) is 4.59. The number of anilines is 2. The van der Waals surface area contributed by atoms with Gasteiger partial charge in [0.2, 0.25) is 0 Å². The van der Waals surface area contributed by atoms with Gasteiger partial charge in [-0.25, -0.2) is 8.78 Å². The van der Waals surface area contributed by atoms with Crippen molar-refractivity contribution in [3.8, 4) is 11.1 Å². The smallest absolute Gasteiger partial charge is 0.385 e. The third-order valence-electron chi connectivity index (χ3n) is 4.85. The molecular formula is C20H24ClF5N7+. The number of alkyl halides is 3. The number of nitrogens with one attached hydrogen (secondary N) is 2. The van der Waals surface area contributed by atoms with Crippen LogP contribution in [0, 0.1) is 11.6 Å². The fourth-order valence-corrected chi connectivity index (χ4v) is 3.42. The Morgan fingerprint density at radius 1 is 1.12 bits per heavy atom. The zero-order chi connectivity index (χ0) is 24.6. The number of rotatable bonds is 8. The summed E-state index contributed by atoms with van der Waals surface area (Å²) in [6.45, 7) is 2.19. The Bertz CT molecular complexity index is 1120. The van der Waals surface area contributed by atoms with Gasteiger partial charge in [-0.05, 0) is 19.1 Å². The van der Waals surface area contributed by atoms with E-state index in [4.69, 9.17) is 11.6 Å². The molecule has 0 aliphatic carbocycles. The standard InChI is InChI=1S/C20H24ClF5N7/c1-11(20(24,25)26)30-18-16(17(21)31-19-28-10-29-32(18)19)15-13(22)8-12(9-14(15)23)27-6-5-7-33(2,3)4/h8-11,27,30H,5-7H2,1-4H3/q+1/t11-/m0/s1. The van der Waals surface area contributed by atoms with Gasteiger partial charge in [0, 0.05) is 18.7 Å². The first kappa shape index (κ1) is 24.9. The summed E-state index contributed by atoms with van der Waals surface area (Å²) < 4.78 is 71.5. The summed E-state index contributed by atoms with van der Waals surface area (Å²) in [6, 6.07) is 0.0437. The number of halogens is 6. The summed E-state index contributed by atoms with van der Waals surface area (Å²) in [5.41, 5.74) is -0.824.